The summed E-state index contributed by atoms with van der Waals surface area (Å²) < 4.78 is 1.61. The molecule has 1 aromatic rings. The second-order valence-electron chi connectivity index (χ2n) is 3.69. The van der Waals surface area contributed by atoms with Gasteiger partial charge in [-0.15, -0.1) is 5.10 Å². The summed E-state index contributed by atoms with van der Waals surface area (Å²) in [7, 11) is 1.79. The Bertz CT molecular complexity index is 288. The first-order valence-electron chi connectivity index (χ1n) is 4.98. The van der Waals surface area contributed by atoms with Crippen molar-refractivity contribution in [3.05, 3.63) is 11.9 Å². The van der Waals surface area contributed by atoms with Crippen LogP contribution in [0.2, 0.25) is 0 Å². The molecule has 86 valence electrons. The van der Waals surface area contributed by atoms with E-state index in [1.54, 1.807) is 17.9 Å². The molecule has 1 aromatic heterocycles. The topological polar surface area (TPSA) is 83.2 Å². The van der Waals surface area contributed by atoms with E-state index in [9.17, 15) is 10.2 Å². The van der Waals surface area contributed by atoms with E-state index in [1.165, 1.54) is 0 Å². The zero-order valence-corrected chi connectivity index (χ0v) is 9.14. The second-order valence-corrected chi connectivity index (χ2v) is 3.69. The molecule has 0 bridgehead atoms. The van der Waals surface area contributed by atoms with Crippen LogP contribution in [-0.2, 0) is 13.6 Å². The van der Waals surface area contributed by atoms with E-state index >= 15 is 0 Å². The molecule has 0 atom stereocenters. The molecule has 3 N–H and O–H groups in total. The van der Waals surface area contributed by atoms with Gasteiger partial charge in [-0.05, 0) is 6.42 Å². The van der Waals surface area contributed by atoms with Gasteiger partial charge in [0.1, 0.15) is 0 Å². The number of rotatable bonds is 6. The van der Waals surface area contributed by atoms with Crippen molar-refractivity contribution >= 4 is 0 Å². The van der Waals surface area contributed by atoms with Gasteiger partial charge in [-0.25, -0.2) is 0 Å². The Balaban J connectivity index is 2.54. The lowest BCUT2D eigenvalue weighted by molar-refractivity contribution is 0.0861. The average Bonchev–Trinajstić information content (AvgIpc) is 2.67. The van der Waals surface area contributed by atoms with Crippen molar-refractivity contribution in [2.75, 3.05) is 13.2 Å². The van der Waals surface area contributed by atoms with Crippen molar-refractivity contribution in [3.8, 4) is 0 Å². The van der Waals surface area contributed by atoms with Crippen molar-refractivity contribution < 1.29 is 10.2 Å². The minimum absolute atomic E-state index is 0.0970. The Morgan fingerprint density at radius 1 is 1.47 bits per heavy atom. The van der Waals surface area contributed by atoms with Gasteiger partial charge in [0.15, 0.2) is 0 Å². The standard InChI is InChI=1S/C9H18N4O2/c1-3-9(6-14,7-15)10-4-8-5-13(2)12-11-8/h5,10,14-15H,3-4,6-7H2,1-2H3. The Kier molecular flexibility index (Phi) is 4.19. The zero-order chi connectivity index (χ0) is 11.3. The molecule has 6 heteroatoms. The Labute approximate surface area is 88.9 Å². The normalized spacial score (nSPS) is 12.0. The van der Waals surface area contributed by atoms with Crippen molar-refractivity contribution in [1.29, 1.82) is 0 Å². The molecule has 0 radical (unpaired) electrons. The van der Waals surface area contributed by atoms with Crippen LogP contribution in [-0.4, -0.2) is 44.0 Å². The summed E-state index contributed by atoms with van der Waals surface area (Å²) in [5, 5.41) is 29.2. The first kappa shape index (κ1) is 12.1. The smallest absolute Gasteiger partial charge is 0.0964 e. The van der Waals surface area contributed by atoms with Gasteiger partial charge < -0.3 is 15.5 Å². The summed E-state index contributed by atoms with van der Waals surface area (Å²) in [4.78, 5) is 0. The van der Waals surface area contributed by atoms with Crippen LogP contribution in [0.5, 0.6) is 0 Å². The number of aliphatic hydroxyl groups is 2. The molecule has 0 aromatic carbocycles. The number of hydrogen-bond acceptors (Lipinski definition) is 5. The van der Waals surface area contributed by atoms with Gasteiger partial charge in [0.25, 0.3) is 0 Å². The van der Waals surface area contributed by atoms with Gasteiger partial charge in [-0.2, -0.15) is 0 Å². The predicted octanol–water partition coefficient (Wildman–Crippen LogP) is -0.962. The van der Waals surface area contributed by atoms with Crippen LogP contribution < -0.4 is 5.32 Å². The average molecular weight is 214 g/mol. The van der Waals surface area contributed by atoms with Crippen molar-refractivity contribution in [3.63, 3.8) is 0 Å². The molecular weight excluding hydrogens is 196 g/mol. The van der Waals surface area contributed by atoms with Gasteiger partial charge in [0.05, 0.1) is 24.4 Å². The molecule has 0 aliphatic heterocycles. The molecule has 15 heavy (non-hydrogen) atoms. The van der Waals surface area contributed by atoms with Gasteiger partial charge in [-0.1, -0.05) is 12.1 Å². The van der Waals surface area contributed by atoms with Crippen LogP contribution in [0, 0.1) is 0 Å². The molecule has 0 aliphatic rings. The summed E-state index contributed by atoms with van der Waals surface area (Å²) in [6.45, 7) is 2.21. The molecule has 1 heterocycles. The fraction of sp³-hybridized carbons (Fsp3) is 0.778. The highest BCUT2D eigenvalue weighted by molar-refractivity contribution is 4.95. The van der Waals surface area contributed by atoms with E-state index in [0.29, 0.717) is 13.0 Å². The highest BCUT2D eigenvalue weighted by atomic mass is 16.3. The van der Waals surface area contributed by atoms with Gasteiger partial charge in [0, 0.05) is 19.8 Å². The number of hydrogen-bond donors (Lipinski definition) is 3. The second kappa shape index (κ2) is 5.20. The van der Waals surface area contributed by atoms with Crippen LogP contribution >= 0.6 is 0 Å². The molecule has 0 amide bonds. The monoisotopic (exact) mass is 214 g/mol. The summed E-state index contributed by atoms with van der Waals surface area (Å²) in [6.07, 6.45) is 2.45. The predicted molar refractivity (Wildman–Crippen MR) is 55.0 cm³/mol. The third-order valence-electron chi connectivity index (χ3n) is 2.58. The fourth-order valence-corrected chi connectivity index (χ4v) is 1.26. The minimum Gasteiger partial charge on any atom is -0.394 e. The highest BCUT2D eigenvalue weighted by Gasteiger charge is 2.25. The first-order chi connectivity index (χ1) is 7.15. The number of nitrogens with zero attached hydrogens (tertiary/aromatic N) is 3. The molecule has 6 nitrogen and oxygen atoms in total. The summed E-state index contributed by atoms with van der Waals surface area (Å²) in [5.74, 6) is 0. The lowest BCUT2D eigenvalue weighted by atomic mass is 9.98. The van der Waals surface area contributed by atoms with E-state index in [4.69, 9.17) is 0 Å². The van der Waals surface area contributed by atoms with Gasteiger partial charge >= 0.3 is 0 Å². The number of aliphatic hydroxyl groups excluding tert-OH is 2. The Morgan fingerprint density at radius 3 is 2.53 bits per heavy atom. The van der Waals surface area contributed by atoms with Crippen LogP contribution in [0.1, 0.15) is 19.0 Å². The SMILES string of the molecule is CCC(CO)(CO)NCc1cn(C)nn1. The van der Waals surface area contributed by atoms with Crippen LogP contribution in [0.4, 0.5) is 0 Å². The van der Waals surface area contributed by atoms with E-state index in [1.807, 2.05) is 6.92 Å². The molecule has 0 saturated carbocycles. The Hall–Kier alpha value is -0.980. The van der Waals surface area contributed by atoms with E-state index in [2.05, 4.69) is 15.6 Å². The molecule has 0 aliphatic carbocycles. The highest BCUT2D eigenvalue weighted by Crippen LogP contribution is 2.09. The van der Waals surface area contributed by atoms with E-state index < -0.39 is 5.54 Å². The maximum absolute atomic E-state index is 9.20. The zero-order valence-electron chi connectivity index (χ0n) is 9.14. The first-order valence-corrected chi connectivity index (χ1v) is 4.98. The van der Waals surface area contributed by atoms with Crippen molar-refractivity contribution in [2.24, 2.45) is 7.05 Å². The largest absolute Gasteiger partial charge is 0.394 e. The van der Waals surface area contributed by atoms with Crippen molar-refractivity contribution in [1.82, 2.24) is 20.3 Å². The van der Waals surface area contributed by atoms with Crippen molar-refractivity contribution in [2.45, 2.75) is 25.4 Å². The maximum atomic E-state index is 9.20. The van der Waals surface area contributed by atoms with E-state index in [-0.39, 0.29) is 13.2 Å². The molecule has 0 unspecified atom stereocenters. The third kappa shape index (κ3) is 2.98. The molecule has 0 saturated heterocycles. The summed E-state index contributed by atoms with van der Waals surface area (Å²) >= 11 is 0. The van der Waals surface area contributed by atoms with Gasteiger partial charge in [0.2, 0.25) is 0 Å². The maximum Gasteiger partial charge on any atom is 0.0964 e. The lowest BCUT2D eigenvalue weighted by Crippen LogP contribution is -2.50. The van der Waals surface area contributed by atoms with Crippen LogP contribution in [0.15, 0.2) is 6.20 Å². The number of aromatic nitrogens is 3. The molecular formula is C9H18N4O2. The van der Waals surface area contributed by atoms with Crippen LogP contribution in [0.25, 0.3) is 0 Å². The fourth-order valence-electron chi connectivity index (χ4n) is 1.26. The molecule has 0 fully saturated rings. The van der Waals surface area contributed by atoms with Gasteiger partial charge in [-0.3, -0.25) is 4.68 Å². The quantitative estimate of drug-likeness (QED) is 0.568. The lowest BCUT2D eigenvalue weighted by Gasteiger charge is -2.29. The number of aryl methyl sites for hydroxylation is 1. The Morgan fingerprint density at radius 2 is 2.13 bits per heavy atom. The molecule has 0 spiro atoms. The molecule has 1 rings (SSSR count). The summed E-state index contributed by atoms with van der Waals surface area (Å²) in [5.41, 5.74) is 0.162. The minimum atomic E-state index is -0.627. The van der Waals surface area contributed by atoms with Crippen LogP contribution in [0.3, 0.4) is 0 Å². The number of nitrogens with one attached hydrogen (secondary N) is 1. The summed E-state index contributed by atoms with van der Waals surface area (Å²) in [6, 6.07) is 0. The third-order valence-corrected chi connectivity index (χ3v) is 2.58. The van der Waals surface area contributed by atoms with E-state index in [0.717, 1.165) is 5.69 Å².